The van der Waals surface area contributed by atoms with Gasteiger partial charge in [0, 0.05) is 19.6 Å². The van der Waals surface area contributed by atoms with Crippen molar-refractivity contribution in [1.29, 1.82) is 0 Å². The van der Waals surface area contributed by atoms with E-state index in [4.69, 9.17) is 19.3 Å². The largest absolute Gasteiger partial charge is 0.479 e. The highest BCUT2D eigenvalue weighted by Gasteiger charge is 2.27. The molecule has 108 valence electrons. The summed E-state index contributed by atoms with van der Waals surface area (Å²) in [6.45, 7) is 4.56. The number of carbonyl (C=O) groups is 1. The Bertz CT molecular complexity index is 531. The quantitative estimate of drug-likeness (QED) is 0.890. The van der Waals surface area contributed by atoms with Crippen LogP contribution in [0.15, 0.2) is 12.1 Å². The zero-order valence-corrected chi connectivity index (χ0v) is 11.3. The second-order valence-electron chi connectivity index (χ2n) is 5.06. The van der Waals surface area contributed by atoms with E-state index >= 15 is 0 Å². The molecule has 3 rings (SSSR count). The van der Waals surface area contributed by atoms with Crippen LogP contribution in [0.3, 0.4) is 0 Å². The lowest BCUT2D eigenvalue weighted by atomic mass is 10.1. The Morgan fingerprint density at radius 3 is 2.90 bits per heavy atom. The van der Waals surface area contributed by atoms with Crippen molar-refractivity contribution in [2.75, 3.05) is 26.5 Å². The molecule has 1 aromatic carbocycles. The normalized spacial score (nSPS) is 21.9. The number of morpholine rings is 1. The molecule has 6 nitrogen and oxygen atoms in total. The third-order valence-electron chi connectivity index (χ3n) is 3.65. The summed E-state index contributed by atoms with van der Waals surface area (Å²) in [5.74, 6) is 0.627. The van der Waals surface area contributed by atoms with Gasteiger partial charge in [-0.15, -0.1) is 0 Å². The number of carboxylic acids is 1. The number of hydrogen-bond donors (Lipinski definition) is 1. The minimum atomic E-state index is -0.905. The highest BCUT2D eigenvalue weighted by molar-refractivity contribution is 5.72. The average Bonchev–Trinajstić information content (AvgIpc) is 2.86. The van der Waals surface area contributed by atoms with Crippen LogP contribution in [0.1, 0.15) is 11.1 Å². The monoisotopic (exact) mass is 279 g/mol. The predicted octanol–water partition coefficient (Wildman–Crippen LogP) is 1.01. The lowest BCUT2D eigenvalue weighted by Crippen LogP contribution is -2.45. The molecule has 1 N–H and O–H groups in total. The van der Waals surface area contributed by atoms with Crippen LogP contribution in [0.5, 0.6) is 11.5 Å². The van der Waals surface area contributed by atoms with E-state index in [-0.39, 0.29) is 6.79 Å². The fourth-order valence-corrected chi connectivity index (χ4v) is 2.49. The molecular formula is C14H17NO5. The third kappa shape index (κ3) is 2.57. The van der Waals surface area contributed by atoms with Crippen LogP contribution in [0, 0.1) is 6.92 Å². The van der Waals surface area contributed by atoms with Gasteiger partial charge in [-0.3, -0.25) is 4.90 Å². The zero-order chi connectivity index (χ0) is 14.1. The first kappa shape index (κ1) is 13.2. The summed E-state index contributed by atoms with van der Waals surface area (Å²) in [6, 6.07) is 3.94. The third-order valence-corrected chi connectivity index (χ3v) is 3.65. The van der Waals surface area contributed by atoms with Crippen LogP contribution in [-0.4, -0.2) is 48.6 Å². The summed E-state index contributed by atoms with van der Waals surface area (Å²) >= 11 is 0. The lowest BCUT2D eigenvalue weighted by molar-refractivity contribution is -0.156. The number of benzene rings is 1. The Balaban J connectivity index is 1.73. The zero-order valence-electron chi connectivity index (χ0n) is 11.3. The van der Waals surface area contributed by atoms with Crippen molar-refractivity contribution >= 4 is 5.97 Å². The SMILES string of the molecule is Cc1cc2c(cc1CN1CCOC(C(=O)O)C1)OCO2. The number of hydrogen-bond acceptors (Lipinski definition) is 5. The van der Waals surface area contributed by atoms with E-state index in [1.165, 1.54) is 0 Å². The van der Waals surface area contributed by atoms with Gasteiger partial charge in [-0.1, -0.05) is 0 Å². The Labute approximate surface area is 116 Å². The molecule has 0 saturated carbocycles. The smallest absolute Gasteiger partial charge is 0.334 e. The minimum absolute atomic E-state index is 0.261. The molecule has 0 spiro atoms. The van der Waals surface area contributed by atoms with Crippen molar-refractivity contribution in [3.8, 4) is 11.5 Å². The van der Waals surface area contributed by atoms with Gasteiger partial charge in [0.05, 0.1) is 6.61 Å². The number of aryl methyl sites for hydroxylation is 1. The molecular weight excluding hydrogens is 262 g/mol. The number of aliphatic carboxylic acids is 1. The predicted molar refractivity (Wildman–Crippen MR) is 70.0 cm³/mol. The van der Waals surface area contributed by atoms with Crippen LogP contribution in [0.4, 0.5) is 0 Å². The first-order valence-corrected chi connectivity index (χ1v) is 6.59. The van der Waals surface area contributed by atoms with Gasteiger partial charge in [0.25, 0.3) is 0 Å². The van der Waals surface area contributed by atoms with Crippen LogP contribution >= 0.6 is 0 Å². The molecule has 2 aliphatic rings. The van der Waals surface area contributed by atoms with Crippen molar-refractivity contribution in [2.24, 2.45) is 0 Å². The van der Waals surface area contributed by atoms with Crippen LogP contribution in [0.2, 0.25) is 0 Å². The molecule has 6 heteroatoms. The van der Waals surface area contributed by atoms with E-state index in [1.54, 1.807) is 0 Å². The van der Waals surface area contributed by atoms with Gasteiger partial charge in [-0.25, -0.2) is 4.79 Å². The van der Waals surface area contributed by atoms with Gasteiger partial charge in [-0.2, -0.15) is 0 Å². The van der Waals surface area contributed by atoms with Crippen molar-refractivity contribution in [2.45, 2.75) is 19.6 Å². The van der Waals surface area contributed by atoms with Crippen molar-refractivity contribution in [3.05, 3.63) is 23.3 Å². The maximum Gasteiger partial charge on any atom is 0.334 e. The minimum Gasteiger partial charge on any atom is -0.479 e. The number of nitrogens with zero attached hydrogens (tertiary/aromatic N) is 1. The molecule has 0 bridgehead atoms. The fraction of sp³-hybridized carbons (Fsp3) is 0.500. The fourth-order valence-electron chi connectivity index (χ4n) is 2.49. The van der Waals surface area contributed by atoms with E-state index < -0.39 is 12.1 Å². The number of carboxylic acid groups (broad SMARTS) is 1. The molecule has 0 aliphatic carbocycles. The molecule has 20 heavy (non-hydrogen) atoms. The highest BCUT2D eigenvalue weighted by Crippen LogP contribution is 2.35. The summed E-state index contributed by atoms with van der Waals surface area (Å²) in [5, 5.41) is 9.02. The van der Waals surface area contributed by atoms with Crippen molar-refractivity contribution in [3.63, 3.8) is 0 Å². The van der Waals surface area contributed by atoms with Gasteiger partial charge in [0.1, 0.15) is 0 Å². The molecule has 1 aromatic rings. The number of fused-ring (bicyclic) bond motifs is 1. The van der Waals surface area contributed by atoms with E-state index in [1.807, 2.05) is 19.1 Å². The summed E-state index contributed by atoms with van der Waals surface area (Å²) in [4.78, 5) is 13.1. The van der Waals surface area contributed by atoms with Gasteiger partial charge in [0.15, 0.2) is 17.6 Å². The Kier molecular flexibility index (Phi) is 3.50. The molecule has 1 saturated heterocycles. The molecule has 0 radical (unpaired) electrons. The van der Waals surface area contributed by atoms with Crippen LogP contribution < -0.4 is 9.47 Å². The van der Waals surface area contributed by atoms with E-state index in [9.17, 15) is 4.79 Å². The topological polar surface area (TPSA) is 68.2 Å². The lowest BCUT2D eigenvalue weighted by Gasteiger charge is -2.31. The molecule has 0 aromatic heterocycles. The second kappa shape index (κ2) is 5.30. The van der Waals surface area contributed by atoms with Crippen molar-refractivity contribution < 1.29 is 24.1 Å². The first-order chi connectivity index (χ1) is 9.63. The maximum atomic E-state index is 11.0. The summed E-state index contributed by atoms with van der Waals surface area (Å²) in [6.07, 6.45) is -0.738. The first-order valence-electron chi connectivity index (χ1n) is 6.59. The van der Waals surface area contributed by atoms with E-state index in [0.29, 0.717) is 19.7 Å². The standard InChI is InChI=1S/C14H17NO5/c1-9-4-11-12(20-8-19-11)5-10(9)6-15-2-3-18-13(7-15)14(16)17/h4-5,13H,2-3,6-8H2,1H3,(H,16,17). The second-order valence-corrected chi connectivity index (χ2v) is 5.06. The highest BCUT2D eigenvalue weighted by atomic mass is 16.7. The molecule has 1 unspecified atom stereocenters. The van der Waals surface area contributed by atoms with Crippen molar-refractivity contribution in [1.82, 2.24) is 4.90 Å². The Morgan fingerprint density at radius 2 is 2.15 bits per heavy atom. The average molecular weight is 279 g/mol. The Morgan fingerprint density at radius 1 is 1.40 bits per heavy atom. The van der Waals surface area contributed by atoms with Gasteiger partial charge in [-0.05, 0) is 30.2 Å². The van der Waals surface area contributed by atoms with Crippen LogP contribution in [-0.2, 0) is 16.1 Å². The molecule has 1 fully saturated rings. The van der Waals surface area contributed by atoms with Crippen LogP contribution in [0.25, 0.3) is 0 Å². The van der Waals surface area contributed by atoms with Gasteiger partial charge in [0.2, 0.25) is 6.79 Å². The van der Waals surface area contributed by atoms with E-state index in [2.05, 4.69) is 4.90 Å². The summed E-state index contributed by atoms with van der Waals surface area (Å²) < 4.78 is 15.9. The maximum absolute atomic E-state index is 11.0. The molecule has 2 aliphatic heterocycles. The molecule has 2 heterocycles. The van der Waals surface area contributed by atoms with Gasteiger partial charge >= 0.3 is 5.97 Å². The molecule has 0 amide bonds. The molecule has 1 atom stereocenters. The van der Waals surface area contributed by atoms with Gasteiger partial charge < -0.3 is 19.3 Å². The number of ether oxygens (including phenoxy) is 3. The number of rotatable bonds is 3. The van der Waals surface area contributed by atoms with E-state index in [0.717, 1.165) is 29.2 Å². The summed E-state index contributed by atoms with van der Waals surface area (Å²) in [5.41, 5.74) is 2.24. The summed E-state index contributed by atoms with van der Waals surface area (Å²) in [7, 11) is 0. The Hall–Kier alpha value is -1.79.